The number of aliphatic hydroxyl groups is 1. The van der Waals surface area contributed by atoms with Gasteiger partial charge < -0.3 is 25.6 Å². The number of ether oxygens (including phenoxy) is 1. The predicted molar refractivity (Wildman–Crippen MR) is 60.8 cm³/mol. The molecule has 0 fully saturated rings. The Morgan fingerprint density at radius 1 is 1.00 bits per heavy atom. The van der Waals surface area contributed by atoms with Gasteiger partial charge in [-0.1, -0.05) is 0 Å². The summed E-state index contributed by atoms with van der Waals surface area (Å²) in [5.74, 6) is -1.93. The summed E-state index contributed by atoms with van der Waals surface area (Å²) < 4.78 is 4.91. The SMILES string of the molecule is O=C(O)CNC(=O)CCC(=O)NCCOCCO. The average Bonchev–Trinajstić information content (AvgIpc) is 2.33. The van der Waals surface area contributed by atoms with E-state index in [1.165, 1.54) is 0 Å². The molecule has 0 radical (unpaired) electrons. The summed E-state index contributed by atoms with van der Waals surface area (Å²) in [4.78, 5) is 32.4. The summed E-state index contributed by atoms with van der Waals surface area (Å²) in [6.07, 6.45) is -0.0674. The van der Waals surface area contributed by atoms with E-state index in [1.54, 1.807) is 0 Å². The van der Waals surface area contributed by atoms with Crippen molar-refractivity contribution < 1.29 is 29.3 Å². The Kier molecular flexibility index (Phi) is 9.51. The maximum absolute atomic E-state index is 11.2. The van der Waals surface area contributed by atoms with E-state index in [1.807, 2.05) is 0 Å². The van der Waals surface area contributed by atoms with Crippen molar-refractivity contribution in [2.45, 2.75) is 12.8 Å². The number of carbonyl (C=O) groups is 3. The van der Waals surface area contributed by atoms with Gasteiger partial charge in [0.05, 0.1) is 19.8 Å². The van der Waals surface area contributed by atoms with Crippen molar-refractivity contribution in [1.82, 2.24) is 10.6 Å². The van der Waals surface area contributed by atoms with Gasteiger partial charge in [0.2, 0.25) is 11.8 Å². The molecule has 0 aliphatic carbocycles. The first-order valence-corrected chi connectivity index (χ1v) is 5.50. The van der Waals surface area contributed by atoms with Crippen molar-refractivity contribution in [3.63, 3.8) is 0 Å². The normalized spacial score (nSPS) is 9.83. The molecule has 0 aromatic heterocycles. The highest BCUT2D eigenvalue weighted by Gasteiger charge is 2.07. The van der Waals surface area contributed by atoms with Gasteiger partial charge in [-0.2, -0.15) is 0 Å². The summed E-state index contributed by atoms with van der Waals surface area (Å²) in [6, 6.07) is 0. The molecule has 0 heterocycles. The van der Waals surface area contributed by atoms with E-state index in [0.29, 0.717) is 6.54 Å². The van der Waals surface area contributed by atoms with Gasteiger partial charge in [0.1, 0.15) is 6.54 Å². The first-order valence-electron chi connectivity index (χ1n) is 5.50. The highest BCUT2D eigenvalue weighted by molar-refractivity contribution is 5.85. The number of rotatable bonds is 10. The van der Waals surface area contributed by atoms with Gasteiger partial charge in [-0.3, -0.25) is 14.4 Å². The minimum Gasteiger partial charge on any atom is -0.480 e. The Hall–Kier alpha value is -1.67. The quantitative estimate of drug-likeness (QED) is 0.341. The number of aliphatic hydroxyl groups excluding tert-OH is 1. The first-order chi connectivity index (χ1) is 8.56. The Labute approximate surface area is 104 Å². The fourth-order valence-corrected chi connectivity index (χ4v) is 1.01. The van der Waals surface area contributed by atoms with Gasteiger partial charge in [-0.15, -0.1) is 0 Å². The van der Waals surface area contributed by atoms with E-state index in [4.69, 9.17) is 14.9 Å². The van der Waals surface area contributed by atoms with Crippen LogP contribution in [-0.4, -0.2) is 60.9 Å². The summed E-state index contributed by atoms with van der Waals surface area (Å²) in [5, 5.41) is 21.4. The Morgan fingerprint density at radius 3 is 2.17 bits per heavy atom. The lowest BCUT2D eigenvalue weighted by Gasteiger charge is -2.05. The number of hydrogen-bond donors (Lipinski definition) is 4. The van der Waals surface area contributed by atoms with Crippen molar-refractivity contribution >= 4 is 17.8 Å². The van der Waals surface area contributed by atoms with Crippen LogP contribution in [0.4, 0.5) is 0 Å². The fourth-order valence-electron chi connectivity index (χ4n) is 1.01. The van der Waals surface area contributed by atoms with Gasteiger partial charge in [0.15, 0.2) is 0 Å². The van der Waals surface area contributed by atoms with Crippen LogP contribution in [0.5, 0.6) is 0 Å². The molecule has 0 saturated carbocycles. The molecule has 0 spiro atoms. The standard InChI is InChI=1S/C10H18N2O6/c13-4-6-18-5-3-11-8(14)1-2-9(15)12-7-10(16)17/h13H,1-7H2,(H,11,14)(H,12,15)(H,16,17). The summed E-state index contributed by atoms with van der Waals surface area (Å²) in [5.41, 5.74) is 0. The molecular formula is C10H18N2O6. The van der Waals surface area contributed by atoms with E-state index in [9.17, 15) is 14.4 Å². The van der Waals surface area contributed by atoms with E-state index in [0.717, 1.165) is 0 Å². The highest BCUT2D eigenvalue weighted by Crippen LogP contribution is 1.88. The molecule has 0 bridgehead atoms. The van der Waals surface area contributed by atoms with E-state index < -0.39 is 18.4 Å². The second-order valence-corrected chi connectivity index (χ2v) is 3.36. The Bertz CT molecular complexity index is 282. The minimum absolute atomic E-state index is 0.00848. The van der Waals surface area contributed by atoms with Crippen LogP contribution in [0.2, 0.25) is 0 Å². The summed E-state index contributed by atoms with van der Waals surface area (Å²) in [6.45, 7) is 0.285. The molecule has 8 nitrogen and oxygen atoms in total. The summed E-state index contributed by atoms with van der Waals surface area (Å²) in [7, 11) is 0. The lowest BCUT2D eigenvalue weighted by atomic mass is 10.3. The van der Waals surface area contributed by atoms with Crippen LogP contribution < -0.4 is 10.6 Å². The molecule has 0 aromatic carbocycles. The Morgan fingerprint density at radius 2 is 1.61 bits per heavy atom. The number of hydrogen-bond acceptors (Lipinski definition) is 5. The second-order valence-electron chi connectivity index (χ2n) is 3.36. The molecule has 0 rings (SSSR count). The van der Waals surface area contributed by atoms with Crippen LogP contribution in [0.3, 0.4) is 0 Å². The summed E-state index contributed by atoms with van der Waals surface area (Å²) >= 11 is 0. The number of carbonyl (C=O) groups excluding carboxylic acids is 2. The zero-order valence-electron chi connectivity index (χ0n) is 9.98. The van der Waals surface area contributed by atoms with Gasteiger partial charge in [-0.25, -0.2) is 0 Å². The molecule has 18 heavy (non-hydrogen) atoms. The second kappa shape index (κ2) is 10.5. The van der Waals surface area contributed by atoms with Crippen molar-refractivity contribution in [3.8, 4) is 0 Å². The third kappa shape index (κ3) is 10.8. The van der Waals surface area contributed by atoms with Crippen LogP contribution in [0, 0.1) is 0 Å². The number of nitrogens with one attached hydrogen (secondary N) is 2. The maximum Gasteiger partial charge on any atom is 0.322 e. The molecule has 0 unspecified atom stereocenters. The zero-order chi connectivity index (χ0) is 13.8. The lowest BCUT2D eigenvalue weighted by Crippen LogP contribution is -2.32. The van der Waals surface area contributed by atoms with Crippen LogP contribution >= 0.6 is 0 Å². The minimum atomic E-state index is -1.13. The zero-order valence-corrected chi connectivity index (χ0v) is 9.98. The van der Waals surface area contributed by atoms with Gasteiger partial charge >= 0.3 is 5.97 Å². The Balaban J connectivity index is 3.46. The van der Waals surface area contributed by atoms with Gasteiger partial charge in [0.25, 0.3) is 0 Å². The maximum atomic E-state index is 11.2. The average molecular weight is 262 g/mol. The number of carboxylic acids is 1. The van der Waals surface area contributed by atoms with Crippen LogP contribution in [0.15, 0.2) is 0 Å². The topological polar surface area (TPSA) is 125 Å². The van der Waals surface area contributed by atoms with Crippen LogP contribution in [0.25, 0.3) is 0 Å². The highest BCUT2D eigenvalue weighted by atomic mass is 16.5. The van der Waals surface area contributed by atoms with Gasteiger partial charge in [0, 0.05) is 19.4 Å². The molecule has 0 atom stereocenters. The molecule has 0 saturated heterocycles. The largest absolute Gasteiger partial charge is 0.480 e. The third-order valence-corrected chi connectivity index (χ3v) is 1.82. The van der Waals surface area contributed by atoms with Crippen molar-refractivity contribution in [2.75, 3.05) is 32.9 Å². The molecule has 2 amide bonds. The molecule has 0 aliphatic heterocycles. The molecule has 0 aliphatic rings. The van der Waals surface area contributed by atoms with Crippen LogP contribution in [0.1, 0.15) is 12.8 Å². The lowest BCUT2D eigenvalue weighted by molar-refractivity contribution is -0.138. The van der Waals surface area contributed by atoms with Gasteiger partial charge in [-0.05, 0) is 0 Å². The molecule has 104 valence electrons. The monoisotopic (exact) mass is 262 g/mol. The van der Waals surface area contributed by atoms with E-state index in [-0.39, 0.29) is 38.6 Å². The number of amides is 2. The molecule has 8 heteroatoms. The van der Waals surface area contributed by atoms with Crippen molar-refractivity contribution in [2.24, 2.45) is 0 Å². The number of aliphatic carboxylic acids is 1. The smallest absolute Gasteiger partial charge is 0.322 e. The fraction of sp³-hybridized carbons (Fsp3) is 0.700. The molecule has 0 aromatic rings. The van der Waals surface area contributed by atoms with Crippen LogP contribution in [-0.2, 0) is 19.1 Å². The van der Waals surface area contributed by atoms with Crippen molar-refractivity contribution in [1.29, 1.82) is 0 Å². The van der Waals surface area contributed by atoms with E-state index >= 15 is 0 Å². The third-order valence-electron chi connectivity index (χ3n) is 1.82. The van der Waals surface area contributed by atoms with E-state index in [2.05, 4.69) is 10.6 Å². The first kappa shape index (κ1) is 16.3. The predicted octanol–water partition coefficient (Wildman–Crippen LogP) is -1.91. The molecule has 4 N–H and O–H groups in total. The molecular weight excluding hydrogens is 244 g/mol. The number of carboxylic acid groups (broad SMARTS) is 1. The van der Waals surface area contributed by atoms with Crippen molar-refractivity contribution in [3.05, 3.63) is 0 Å².